The number of benzene rings is 7. The molecule has 0 bridgehead atoms. The van der Waals surface area contributed by atoms with Gasteiger partial charge >= 0.3 is 0 Å². The van der Waals surface area contributed by atoms with Gasteiger partial charge in [-0.25, -0.2) is 4.85 Å². The minimum absolute atomic E-state index is 0.444. The summed E-state index contributed by atoms with van der Waals surface area (Å²) in [6.45, 7) is 8.04. The summed E-state index contributed by atoms with van der Waals surface area (Å²) in [4.78, 5) is 3.86. The van der Waals surface area contributed by atoms with Crippen molar-refractivity contribution in [2.45, 2.75) is 0 Å². The maximum Gasteiger partial charge on any atom is 0.190 e. The quantitative estimate of drug-likeness (QED) is 0.104. The number of fused-ring (bicyclic) bond motifs is 3. The molecule has 0 atom stereocenters. The topological polar surface area (TPSA) is 56.9 Å². The van der Waals surface area contributed by atoms with Crippen LogP contribution < -0.4 is 20.7 Å². The van der Waals surface area contributed by atoms with Crippen LogP contribution in [0.5, 0.6) is 0 Å². The highest BCUT2D eigenvalue weighted by molar-refractivity contribution is 7.19. The molecule has 4 nitrogen and oxygen atoms in total. The first-order valence-electron chi connectivity index (χ1n) is 16.3. The number of rotatable bonds is 6. The molecule has 8 aromatic rings. The van der Waals surface area contributed by atoms with Crippen LogP contribution in [-0.4, -0.2) is 12.6 Å². The lowest BCUT2D eigenvalue weighted by atomic mass is 9.97. The molecule has 0 saturated heterocycles. The van der Waals surface area contributed by atoms with Crippen LogP contribution in [0.3, 0.4) is 0 Å². The number of aromatic nitrogens is 1. The minimum atomic E-state index is -2.73. The van der Waals surface area contributed by atoms with Crippen LogP contribution in [0.4, 0.5) is 5.69 Å². The molecule has 0 fully saturated rings. The zero-order valence-corrected chi connectivity index (χ0v) is 28.0. The van der Waals surface area contributed by atoms with E-state index in [1.54, 1.807) is 12.1 Å². The fourth-order valence-corrected chi connectivity index (χ4v) is 12.2. The van der Waals surface area contributed by atoms with E-state index < -0.39 is 8.07 Å². The second-order valence-corrected chi connectivity index (χ2v) is 16.0. The molecule has 1 heterocycles. The molecular weight excluding hydrogens is 625 g/mol. The molecule has 0 aliphatic rings. The van der Waals surface area contributed by atoms with Gasteiger partial charge in [-0.3, -0.25) is 0 Å². The number of hydrogen-bond donors (Lipinski definition) is 0. The van der Waals surface area contributed by atoms with Crippen LogP contribution >= 0.6 is 0 Å². The Morgan fingerprint density at radius 3 is 1.62 bits per heavy atom. The highest BCUT2D eigenvalue weighted by atomic mass is 28.3. The van der Waals surface area contributed by atoms with E-state index in [1.165, 1.54) is 20.7 Å². The maximum atomic E-state index is 10.8. The number of nitriles is 2. The van der Waals surface area contributed by atoms with Crippen molar-refractivity contribution in [3.63, 3.8) is 0 Å². The first-order chi connectivity index (χ1) is 24.7. The molecule has 0 aliphatic heterocycles. The van der Waals surface area contributed by atoms with Gasteiger partial charge in [-0.05, 0) is 68.3 Å². The molecule has 0 N–H and O–H groups in total. The van der Waals surface area contributed by atoms with Crippen LogP contribution in [0.2, 0.25) is 0 Å². The molecule has 7 aromatic carbocycles. The summed E-state index contributed by atoms with van der Waals surface area (Å²) in [5, 5.41) is 27.4. The first kappa shape index (κ1) is 30.4. The number of para-hydroxylation sites is 1. The molecule has 0 spiro atoms. The van der Waals surface area contributed by atoms with E-state index in [4.69, 9.17) is 6.57 Å². The fourth-order valence-electron chi connectivity index (χ4n) is 7.46. The van der Waals surface area contributed by atoms with Gasteiger partial charge in [0.25, 0.3) is 0 Å². The number of hydrogen-bond acceptors (Lipinski definition) is 2. The van der Waals surface area contributed by atoms with E-state index in [-0.39, 0.29) is 0 Å². The monoisotopic (exact) mass is 652 g/mol. The van der Waals surface area contributed by atoms with Crippen molar-refractivity contribution in [3.05, 3.63) is 192 Å². The van der Waals surface area contributed by atoms with Crippen molar-refractivity contribution in [2.75, 3.05) is 0 Å². The highest BCUT2D eigenvalue weighted by Crippen LogP contribution is 2.38. The van der Waals surface area contributed by atoms with E-state index in [9.17, 15) is 10.5 Å². The van der Waals surface area contributed by atoms with E-state index in [1.807, 2.05) is 42.5 Å². The Morgan fingerprint density at radius 1 is 0.520 bits per heavy atom. The van der Waals surface area contributed by atoms with Gasteiger partial charge in [0.05, 0.1) is 40.5 Å². The normalized spacial score (nSPS) is 11.1. The van der Waals surface area contributed by atoms with Crippen molar-refractivity contribution < 1.29 is 0 Å². The molecule has 0 aliphatic carbocycles. The van der Waals surface area contributed by atoms with Crippen molar-refractivity contribution >= 4 is 56.3 Å². The van der Waals surface area contributed by atoms with Crippen LogP contribution in [-0.2, 0) is 0 Å². The second kappa shape index (κ2) is 12.6. The second-order valence-electron chi connectivity index (χ2n) is 12.2. The predicted molar refractivity (Wildman–Crippen MR) is 206 cm³/mol. The van der Waals surface area contributed by atoms with E-state index in [2.05, 4.69) is 137 Å². The van der Waals surface area contributed by atoms with E-state index in [0.717, 1.165) is 27.4 Å². The summed E-state index contributed by atoms with van der Waals surface area (Å²) in [5.74, 6) is 0. The lowest BCUT2D eigenvalue weighted by Gasteiger charge is -2.34. The highest BCUT2D eigenvalue weighted by Gasteiger charge is 2.41. The van der Waals surface area contributed by atoms with Gasteiger partial charge in [0.15, 0.2) is 13.8 Å². The maximum absolute atomic E-state index is 10.8. The molecule has 0 amide bonds. The van der Waals surface area contributed by atoms with Crippen LogP contribution in [0.25, 0.3) is 43.5 Å². The molecule has 8 rings (SSSR count). The van der Waals surface area contributed by atoms with Gasteiger partial charge in [0.2, 0.25) is 0 Å². The largest absolute Gasteiger partial charge is 0.309 e. The molecule has 0 unspecified atom stereocenters. The van der Waals surface area contributed by atoms with Crippen molar-refractivity contribution in [1.82, 2.24) is 4.57 Å². The summed E-state index contributed by atoms with van der Waals surface area (Å²) >= 11 is 0. The molecule has 5 heteroatoms. The van der Waals surface area contributed by atoms with E-state index in [0.29, 0.717) is 28.1 Å². The summed E-state index contributed by atoms with van der Waals surface area (Å²) in [5.41, 5.74) is 5.47. The molecule has 50 heavy (non-hydrogen) atoms. The SMILES string of the molecule is [C-]#[N+]c1cc(-c2ccc([Si](c3ccccc3)(c3ccccc3)c3ccccc3)cc2)c(C#N)c(-n2c3ccccc3c3cc(C#N)ccc32)c1. The van der Waals surface area contributed by atoms with Crippen LogP contribution in [0, 0.1) is 29.2 Å². The van der Waals surface area contributed by atoms with Crippen molar-refractivity contribution in [1.29, 1.82) is 10.5 Å². The number of nitrogens with zero attached hydrogens (tertiary/aromatic N) is 4. The van der Waals surface area contributed by atoms with Gasteiger partial charge in [0, 0.05) is 10.8 Å². The Kier molecular flexibility index (Phi) is 7.63. The molecule has 0 saturated carbocycles. The third-order valence-electron chi connectivity index (χ3n) is 9.64. The lowest BCUT2D eigenvalue weighted by molar-refractivity contribution is 1.17. The van der Waals surface area contributed by atoms with Gasteiger partial charge in [-0.15, -0.1) is 0 Å². The molecule has 1 aromatic heterocycles. The Morgan fingerprint density at radius 2 is 1.06 bits per heavy atom. The third kappa shape index (κ3) is 4.80. The Hall–Kier alpha value is -6.97. The van der Waals surface area contributed by atoms with Gasteiger partial charge in [-0.1, -0.05) is 133 Å². The Bertz CT molecular complexity index is 2560. The van der Waals surface area contributed by atoms with E-state index >= 15 is 0 Å². The fraction of sp³-hybridized carbons (Fsp3) is 0. The van der Waals surface area contributed by atoms with Crippen LogP contribution in [0.1, 0.15) is 11.1 Å². The summed E-state index contributed by atoms with van der Waals surface area (Å²) < 4.78 is 2.05. The zero-order valence-electron chi connectivity index (χ0n) is 27.0. The van der Waals surface area contributed by atoms with Gasteiger partial charge in [0.1, 0.15) is 6.07 Å². The summed E-state index contributed by atoms with van der Waals surface area (Å²) in [7, 11) is -2.73. The smallest absolute Gasteiger partial charge is 0.190 e. The summed E-state index contributed by atoms with van der Waals surface area (Å²) in [6, 6.07) is 62.9. The standard InChI is InChI=1S/C45H28N4Si/c1-48-34-28-40(42(31-47)45(29-34)49-43-20-12-11-19-39(43)41-27-32(30-46)21-26-44(41)49)33-22-24-38(25-23-33)50(35-13-5-2-6-14-35,36-15-7-3-8-16-36)37-17-9-4-10-18-37/h2-29H. The average Bonchev–Trinajstić information content (AvgIpc) is 3.52. The Labute approximate surface area is 291 Å². The molecular formula is C45H28N4Si. The summed E-state index contributed by atoms with van der Waals surface area (Å²) in [6.07, 6.45) is 0. The molecule has 0 radical (unpaired) electrons. The zero-order chi connectivity index (χ0) is 34.1. The predicted octanol–water partition coefficient (Wildman–Crippen LogP) is 8.12. The lowest BCUT2D eigenvalue weighted by Crippen LogP contribution is -2.74. The average molecular weight is 653 g/mol. The minimum Gasteiger partial charge on any atom is -0.309 e. The third-order valence-corrected chi connectivity index (χ3v) is 14.4. The van der Waals surface area contributed by atoms with Crippen LogP contribution in [0.15, 0.2) is 170 Å². The first-order valence-corrected chi connectivity index (χ1v) is 18.3. The Balaban J connectivity index is 1.36. The van der Waals surface area contributed by atoms with Gasteiger partial charge in [-0.2, -0.15) is 10.5 Å². The molecule has 232 valence electrons. The van der Waals surface area contributed by atoms with Crippen molar-refractivity contribution in [2.24, 2.45) is 0 Å². The van der Waals surface area contributed by atoms with Gasteiger partial charge < -0.3 is 4.57 Å². The van der Waals surface area contributed by atoms with Crippen molar-refractivity contribution in [3.8, 4) is 29.0 Å².